The molecule has 1 N–H and O–H groups in total. The molecule has 0 saturated carbocycles. The van der Waals surface area contributed by atoms with E-state index >= 15 is 0 Å². The molecule has 31 heavy (non-hydrogen) atoms. The highest BCUT2D eigenvalue weighted by molar-refractivity contribution is 6.14. The van der Waals surface area contributed by atoms with Gasteiger partial charge in [-0.2, -0.15) is 0 Å². The highest BCUT2D eigenvalue weighted by Gasteiger charge is 2.43. The van der Waals surface area contributed by atoms with E-state index in [0.29, 0.717) is 28.4 Å². The van der Waals surface area contributed by atoms with Gasteiger partial charge in [0, 0.05) is 5.56 Å². The molecule has 2 aromatic carbocycles. The Hall–Kier alpha value is -3.94. The smallest absolute Gasteiger partial charge is 0.344 e. The molecular formula is C23H21N3O5. The Morgan fingerprint density at radius 2 is 1.77 bits per heavy atom. The zero-order valence-corrected chi connectivity index (χ0v) is 17.3. The van der Waals surface area contributed by atoms with Crippen LogP contribution in [0.2, 0.25) is 0 Å². The summed E-state index contributed by atoms with van der Waals surface area (Å²) in [6.45, 7) is 4.33. The Bertz CT molecular complexity index is 1170. The van der Waals surface area contributed by atoms with Crippen molar-refractivity contribution in [3.05, 3.63) is 65.9 Å². The molecule has 0 aliphatic carbocycles. The molecule has 0 fully saturated rings. The monoisotopic (exact) mass is 419 g/mol. The van der Waals surface area contributed by atoms with Crippen molar-refractivity contribution in [3.8, 4) is 11.3 Å². The van der Waals surface area contributed by atoms with E-state index in [1.165, 1.54) is 4.90 Å². The summed E-state index contributed by atoms with van der Waals surface area (Å²) in [5.74, 6) is -1.28. The van der Waals surface area contributed by atoms with E-state index in [1.807, 2.05) is 18.2 Å². The molecule has 0 atom stereocenters. The summed E-state index contributed by atoms with van der Waals surface area (Å²) in [7, 11) is 0. The topological polar surface area (TPSA) is 102 Å². The molecule has 1 aliphatic heterocycles. The summed E-state index contributed by atoms with van der Waals surface area (Å²) in [6.07, 6.45) is 0. The predicted octanol–water partition coefficient (Wildman–Crippen LogP) is 3.57. The van der Waals surface area contributed by atoms with Crippen molar-refractivity contribution in [3.63, 3.8) is 0 Å². The molecule has 0 spiro atoms. The lowest BCUT2D eigenvalue weighted by Gasteiger charge is -2.41. The van der Waals surface area contributed by atoms with Crippen LogP contribution in [-0.2, 0) is 14.3 Å². The van der Waals surface area contributed by atoms with Gasteiger partial charge >= 0.3 is 5.97 Å². The zero-order chi connectivity index (χ0) is 22.2. The van der Waals surface area contributed by atoms with Crippen LogP contribution in [0.4, 0.5) is 11.4 Å². The number of ether oxygens (including phenoxy) is 1. The third-order valence-corrected chi connectivity index (χ3v) is 5.20. The number of esters is 1. The summed E-state index contributed by atoms with van der Waals surface area (Å²) in [6, 6.07) is 16.1. The van der Waals surface area contributed by atoms with Crippen LogP contribution in [0.25, 0.3) is 11.3 Å². The van der Waals surface area contributed by atoms with Crippen LogP contribution >= 0.6 is 0 Å². The van der Waals surface area contributed by atoms with Gasteiger partial charge in [0.2, 0.25) is 5.91 Å². The largest absolute Gasteiger partial charge is 0.452 e. The van der Waals surface area contributed by atoms with E-state index in [0.717, 1.165) is 0 Å². The Kier molecular flexibility index (Phi) is 5.06. The summed E-state index contributed by atoms with van der Waals surface area (Å²) < 4.78 is 10.5. The molecule has 0 bridgehead atoms. The first-order valence-electron chi connectivity index (χ1n) is 9.73. The van der Waals surface area contributed by atoms with Crippen LogP contribution in [-0.4, -0.2) is 35.1 Å². The lowest BCUT2D eigenvalue weighted by molar-refractivity contribution is -0.128. The molecule has 2 amide bonds. The molecule has 0 radical (unpaired) electrons. The maximum absolute atomic E-state index is 13.1. The van der Waals surface area contributed by atoms with Crippen molar-refractivity contribution in [1.29, 1.82) is 0 Å². The fraction of sp³-hybridized carbons (Fsp3) is 0.217. The summed E-state index contributed by atoms with van der Waals surface area (Å²) in [5, 5.41) is 6.76. The third kappa shape index (κ3) is 3.56. The highest BCUT2D eigenvalue weighted by atomic mass is 16.5. The standard InChI is InChI=1S/C23H21N3O5/c1-14-19(20(25-31-14)15-9-5-4-6-10-15)21(28)30-13-18(27)26-17-12-8-7-11-16(17)24-22(29)23(26,2)3/h4-12H,13H2,1-3H3,(H,24,29). The molecule has 2 heterocycles. The molecule has 8 heteroatoms. The van der Waals surface area contributed by atoms with E-state index < -0.39 is 24.0 Å². The van der Waals surface area contributed by atoms with Crippen molar-refractivity contribution in [2.24, 2.45) is 0 Å². The second-order valence-electron chi connectivity index (χ2n) is 7.66. The Balaban J connectivity index is 1.57. The Labute approximate surface area is 178 Å². The van der Waals surface area contributed by atoms with Gasteiger partial charge in [-0.15, -0.1) is 0 Å². The van der Waals surface area contributed by atoms with E-state index in [-0.39, 0.29) is 11.5 Å². The number of carbonyl (C=O) groups is 3. The number of rotatable bonds is 4. The number of aromatic nitrogens is 1. The fourth-order valence-corrected chi connectivity index (χ4v) is 3.57. The van der Waals surface area contributed by atoms with Crippen molar-refractivity contribution >= 4 is 29.2 Å². The minimum atomic E-state index is -1.15. The first-order valence-corrected chi connectivity index (χ1v) is 9.73. The molecule has 0 saturated heterocycles. The minimum Gasteiger partial charge on any atom is -0.452 e. The number of fused-ring (bicyclic) bond motifs is 1. The van der Waals surface area contributed by atoms with Gasteiger partial charge in [-0.05, 0) is 32.9 Å². The molecule has 0 unspecified atom stereocenters. The maximum atomic E-state index is 13.1. The van der Waals surface area contributed by atoms with E-state index in [1.54, 1.807) is 57.2 Å². The number of carbonyl (C=O) groups excluding carboxylic acids is 3. The van der Waals surface area contributed by atoms with Crippen LogP contribution in [0.1, 0.15) is 30.0 Å². The summed E-state index contributed by atoms with van der Waals surface area (Å²) in [4.78, 5) is 39.8. The van der Waals surface area contributed by atoms with E-state index in [9.17, 15) is 14.4 Å². The number of benzene rings is 2. The van der Waals surface area contributed by atoms with Gasteiger partial charge in [0.05, 0.1) is 11.4 Å². The fourth-order valence-electron chi connectivity index (χ4n) is 3.57. The van der Waals surface area contributed by atoms with Crippen molar-refractivity contribution in [1.82, 2.24) is 5.16 Å². The second kappa shape index (κ2) is 7.71. The lowest BCUT2D eigenvalue weighted by Crippen LogP contribution is -2.59. The van der Waals surface area contributed by atoms with Crippen LogP contribution in [0.15, 0.2) is 59.1 Å². The number of hydrogen-bond donors (Lipinski definition) is 1. The number of aryl methyl sites for hydroxylation is 1. The minimum absolute atomic E-state index is 0.162. The van der Waals surface area contributed by atoms with Crippen LogP contribution in [0.3, 0.4) is 0 Å². The van der Waals surface area contributed by atoms with Crippen LogP contribution in [0.5, 0.6) is 0 Å². The van der Waals surface area contributed by atoms with Crippen LogP contribution < -0.4 is 10.2 Å². The number of nitrogens with one attached hydrogen (secondary N) is 1. The van der Waals surface area contributed by atoms with Gasteiger partial charge < -0.3 is 14.6 Å². The summed E-state index contributed by atoms with van der Waals surface area (Å²) in [5.41, 5.74) is 1.11. The quantitative estimate of drug-likeness (QED) is 0.649. The van der Waals surface area contributed by atoms with E-state index in [4.69, 9.17) is 9.26 Å². The number of anilines is 2. The highest BCUT2D eigenvalue weighted by Crippen LogP contribution is 2.36. The van der Waals surface area contributed by atoms with Gasteiger partial charge in [-0.1, -0.05) is 47.6 Å². The zero-order valence-electron chi connectivity index (χ0n) is 17.3. The number of para-hydroxylation sites is 2. The van der Waals surface area contributed by atoms with Crippen molar-refractivity contribution in [2.75, 3.05) is 16.8 Å². The van der Waals surface area contributed by atoms with Gasteiger partial charge in [0.1, 0.15) is 22.6 Å². The number of nitrogens with zero attached hydrogens (tertiary/aromatic N) is 2. The molecule has 3 aromatic rings. The molecule has 8 nitrogen and oxygen atoms in total. The Morgan fingerprint density at radius 1 is 1.10 bits per heavy atom. The average Bonchev–Trinajstić information content (AvgIpc) is 3.14. The van der Waals surface area contributed by atoms with E-state index in [2.05, 4.69) is 10.5 Å². The molecule has 158 valence electrons. The third-order valence-electron chi connectivity index (χ3n) is 5.20. The van der Waals surface area contributed by atoms with Crippen LogP contribution in [0, 0.1) is 6.92 Å². The Morgan fingerprint density at radius 3 is 2.52 bits per heavy atom. The van der Waals surface area contributed by atoms with Crippen molar-refractivity contribution < 1.29 is 23.6 Å². The molecule has 1 aromatic heterocycles. The molecule has 1 aliphatic rings. The normalized spacial score (nSPS) is 14.5. The number of amides is 2. The van der Waals surface area contributed by atoms with Gasteiger partial charge in [0.15, 0.2) is 6.61 Å². The predicted molar refractivity (Wildman–Crippen MR) is 114 cm³/mol. The average molecular weight is 419 g/mol. The first kappa shape index (κ1) is 20.3. The second-order valence-corrected chi connectivity index (χ2v) is 7.66. The first-order chi connectivity index (χ1) is 14.8. The van der Waals surface area contributed by atoms with Crippen molar-refractivity contribution in [2.45, 2.75) is 26.3 Å². The van der Waals surface area contributed by atoms with Gasteiger partial charge in [-0.25, -0.2) is 4.79 Å². The summed E-state index contributed by atoms with van der Waals surface area (Å²) >= 11 is 0. The molecule has 4 rings (SSSR count). The lowest BCUT2D eigenvalue weighted by atomic mass is 9.96. The van der Waals surface area contributed by atoms with Gasteiger partial charge in [0.25, 0.3) is 5.91 Å². The maximum Gasteiger partial charge on any atom is 0.344 e. The number of hydrogen-bond acceptors (Lipinski definition) is 6. The SMILES string of the molecule is Cc1onc(-c2ccccc2)c1C(=O)OCC(=O)N1c2ccccc2NC(=O)C1(C)C. The molecular weight excluding hydrogens is 398 g/mol. The van der Waals surface area contributed by atoms with Gasteiger partial charge in [-0.3, -0.25) is 14.5 Å².